The highest BCUT2D eigenvalue weighted by Crippen LogP contribution is 2.35. The van der Waals surface area contributed by atoms with E-state index < -0.39 is 29.4 Å². The van der Waals surface area contributed by atoms with E-state index in [-0.39, 0.29) is 27.7 Å². The van der Waals surface area contributed by atoms with Crippen LogP contribution in [0, 0.1) is 0 Å². The monoisotopic (exact) mass is 415 g/mol. The maximum absolute atomic E-state index is 12.7. The molecule has 0 aliphatic carbocycles. The minimum atomic E-state index is -4.63. The van der Waals surface area contributed by atoms with Crippen LogP contribution in [0.1, 0.15) is 27.0 Å². The number of nitrogens with one attached hydrogen (secondary N) is 1. The number of alkyl halides is 6. The lowest BCUT2D eigenvalue weighted by molar-refractivity contribution is -0.138. The van der Waals surface area contributed by atoms with E-state index in [0.29, 0.717) is 12.1 Å². The quantitative estimate of drug-likeness (QED) is 0.615. The van der Waals surface area contributed by atoms with Gasteiger partial charge in [-0.15, -0.1) is 0 Å². The van der Waals surface area contributed by atoms with Crippen molar-refractivity contribution in [2.45, 2.75) is 18.9 Å². The third kappa shape index (κ3) is 4.82. The second-order valence-corrected chi connectivity index (χ2v) is 5.99. The summed E-state index contributed by atoms with van der Waals surface area (Å²) in [5, 5.41) is 1.76. The summed E-state index contributed by atoms with van der Waals surface area (Å²) < 4.78 is 75.4. The summed E-state index contributed by atoms with van der Waals surface area (Å²) in [4.78, 5) is 12.0. The number of carbonyl (C=O) groups excluding carboxylic acids is 1. The molecule has 0 unspecified atom stereocenters. The molecule has 2 nitrogen and oxygen atoms in total. The molecule has 140 valence electrons. The molecule has 0 saturated carbocycles. The van der Waals surface area contributed by atoms with Crippen LogP contribution < -0.4 is 5.32 Å². The van der Waals surface area contributed by atoms with Crippen LogP contribution in [0.5, 0.6) is 0 Å². The van der Waals surface area contributed by atoms with Gasteiger partial charge in [-0.25, -0.2) is 0 Å². The predicted molar refractivity (Wildman–Crippen MR) is 84.1 cm³/mol. The van der Waals surface area contributed by atoms with Crippen molar-refractivity contribution in [1.29, 1.82) is 0 Å². The highest BCUT2D eigenvalue weighted by molar-refractivity contribution is 6.36. The van der Waals surface area contributed by atoms with Crippen molar-refractivity contribution in [2.24, 2.45) is 0 Å². The molecule has 0 bridgehead atoms. The Morgan fingerprint density at radius 3 is 1.73 bits per heavy atom. The maximum Gasteiger partial charge on any atom is 0.416 e. The number of hydrogen-bond acceptors (Lipinski definition) is 1. The number of carbonyl (C=O) groups is 1. The average Bonchev–Trinajstić information content (AvgIpc) is 2.52. The van der Waals surface area contributed by atoms with Crippen LogP contribution in [0.25, 0.3) is 0 Å². The van der Waals surface area contributed by atoms with Crippen molar-refractivity contribution in [3.05, 3.63) is 68.7 Å². The van der Waals surface area contributed by atoms with E-state index in [1.807, 2.05) is 0 Å². The number of amides is 1. The molecule has 0 aromatic heterocycles. The molecular formula is C16H9Cl2F6NO. The Morgan fingerprint density at radius 2 is 1.31 bits per heavy atom. The fourth-order valence-corrected chi connectivity index (χ4v) is 2.64. The Hall–Kier alpha value is -1.93. The highest BCUT2D eigenvalue weighted by atomic mass is 35.5. The zero-order valence-corrected chi connectivity index (χ0v) is 14.1. The highest BCUT2D eigenvalue weighted by Gasteiger charge is 2.32. The van der Waals surface area contributed by atoms with Crippen LogP contribution in [0.2, 0.25) is 10.0 Å². The van der Waals surface area contributed by atoms with Gasteiger partial charge in [0.2, 0.25) is 0 Å². The van der Waals surface area contributed by atoms with Crippen molar-refractivity contribution < 1.29 is 31.1 Å². The first kappa shape index (κ1) is 20.4. The van der Waals surface area contributed by atoms with E-state index in [0.717, 1.165) is 24.3 Å². The fraction of sp³-hybridized carbons (Fsp3) is 0.188. The van der Waals surface area contributed by atoms with Crippen LogP contribution in [0.4, 0.5) is 26.3 Å². The molecular weight excluding hydrogens is 407 g/mol. The molecule has 0 saturated heterocycles. The summed E-state index contributed by atoms with van der Waals surface area (Å²) in [7, 11) is 0. The van der Waals surface area contributed by atoms with Crippen molar-refractivity contribution >= 4 is 29.1 Å². The summed E-state index contributed by atoms with van der Waals surface area (Å²) in [5.41, 5.74) is -1.95. The Kier molecular flexibility index (Phi) is 5.77. The number of hydrogen-bond donors (Lipinski definition) is 1. The summed E-state index contributed by atoms with van der Waals surface area (Å²) in [6.07, 6.45) is -9.16. The zero-order valence-electron chi connectivity index (χ0n) is 12.6. The normalized spacial score (nSPS) is 12.2. The van der Waals surface area contributed by atoms with Crippen molar-refractivity contribution in [1.82, 2.24) is 5.32 Å². The van der Waals surface area contributed by atoms with E-state index in [1.165, 1.54) is 0 Å². The van der Waals surface area contributed by atoms with Crippen molar-refractivity contribution in [3.63, 3.8) is 0 Å². The Morgan fingerprint density at radius 1 is 0.846 bits per heavy atom. The lowest BCUT2D eigenvalue weighted by Crippen LogP contribution is -2.23. The van der Waals surface area contributed by atoms with Crippen LogP contribution >= 0.6 is 23.2 Å². The fourth-order valence-electron chi connectivity index (χ4n) is 2.02. The van der Waals surface area contributed by atoms with Gasteiger partial charge in [0.1, 0.15) is 0 Å². The summed E-state index contributed by atoms with van der Waals surface area (Å²) in [5.74, 6) is -0.731. The van der Waals surface area contributed by atoms with Gasteiger partial charge >= 0.3 is 12.4 Å². The first-order valence-electron chi connectivity index (χ1n) is 6.90. The smallest absolute Gasteiger partial charge is 0.348 e. The summed E-state index contributed by atoms with van der Waals surface area (Å²) in [6, 6.07) is 4.79. The predicted octanol–water partition coefficient (Wildman–Crippen LogP) is 5.96. The first-order chi connectivity index (χ1) is 11.9. The Labute approximate surface area is 153 Å². The molecule has 2 aromatic rings. The maximum atomic E-state index is 12.7. The van der Waals surface area contributed by atoms with E-state index in [4.69, 9.17) is 23.2 Å². The van der Waals surface area contributed by atoms with Gasteiger partial charge < -0.3 is 5.32 Å². The lowest BCUT2D eigenvalue weighted by Gasteiger charge is -2.13. The molecule has 0 heterocycles. The SMILES string of the molecule is O=C(NCc1c(Cl)cc(C(F)(F)F)cc1Cl)c1ccc(C(F)(F)F)cc1. The van der Waals surface area contributed by atoms with Gasteiger partial charge in [-0.05, 0) is 36.4 Å². The molecule has 0 fully saturated rings. The number of benzene rings is 2. The standard InChI is InChI=1S/C16H9Cl2F6NO/c17-12-5-10(16(22,23)24)6-13(18)11(12)7-25-14(26)8-1-3-9(4-2-8)15(19,20)21/h1-6H,7H2,(H,25,26). The second kappa shape index (κ2) is 7.36. The molecule has 2 aromatic carbocycles. The Bertz CT molecular complexity index is 792. The summed E-state index contributed by atoms with van der Waals surface area (Å²) >= 11 is 11.6. The Balaban J connectivity index is 2.12. The van der Waals surface area contributed by atoms with Crippen LogP contribution in [0.3, 0.4) is 0 Å². The largest absolute Gasteiger partial charge is 0.416 e. The molecule has 26 heavy (non-hydrogen) atoms. The first-order valence-corrected chi connectivity index (χ1v) is 7.66. The molecule has 0 spiro atoms. The van der Waals surface area contributed by atoms with E-state index in [1.54, 1.807) is 0 Å². The van der Waals surface area contributed by atoms with Crippen LogP contribution in [0.15, 0.2) is 36.4 Å². The third-order valence-electron chi connectivity index (χ3n) is 3.37. The van der Waals surface area contributed by atoms with Gasteiger partial charge in [-0.2, -0.15) is 26.3 Å². The van der Waals surface area contributed by atoms with Gasteiger partial charge in [0.25, 0.3) is 5.91 Å². The molecule has 10 heteroatoms. The van der Waals surface area contributed by atoms with Gasteiger partial charge in [-0.1, -0.05) is 23.2 Å². The molecule has 2 rings (SSSR count). The van der Waals surface area contributed by atoms with E-state index in [2.05, 4.69) is 5.32 Å². The topological polar surface area (TPSA) is 29.1 Å². The van der Waals surface area contributed by atoms with Gasteiger partial charge in [-0.3, -0.25) is 4.79 Å². The van der Waals surface area contributed by atoms with Gasteiger partial charge in [0.15, 0.2) is 0 Å². The summed E-state index contributed by atoms with van der Waals surface area (Å²) in [6.45, 7) is -0.296. The number of halogens is 8. The number of rotatable bonds is 3. The van der Waals surface area contributed by atoms with Gasteiger partial charge in [0, 0.05) is 27.7 Å². The van der Waals surface area contributed by atoms with Crippen LogP contribution in [-0.2, 0) is 18.9 Å². The molecule has 0 aliphatic rings. The minimum absolute atomic E-state index is 0.0570. The minimum Gasteiger partial charge on any atom is -0.348 e. The molecule has 0 radical (unpaired) electrons. The van der Waals surface area contributed by atoms with Crippen LogP contribution in [-0.4, -0.2) is 5.91 Å². The molecule has 0 atom stereocenters. The third-order valence-corrected chi connectivity index (χ3v) is 4.04. The van der Waals surface area contributed by atoms with E-state index >= 15 is 0 Å². The zero-order chi connectivity index (χ0) is 19.7. The lowest BCUT2D eigenvalue weighted by atomic mass is 10.1. The van der Waals surface area contributed by atoms with Gasteiger partial charge in [0.05, 0.1) is 11.1 Å². The van der Waals surface area contributed by atoms with Crippen molar-refractivity contribution in [3.8, 4) is 0 Å². The average molecular weight is 416 g/mol. The molecule has 0 aliphatic heterocycles. The second-order valence-electron chi connectivity index (χ2n) is 5.17. The van der Waals surface area contributed by atoms with Crippen molar-refractivity contribution in [2.75, 3.05) is 0 Å². The molecule has 1 N–H and O–H groups in total. The molecule has 1 amide bonds. The van der Waals surface area contributed by atoms with E-state index in [9.17, 15) is 31.1 Å².